The van der Waals surface area contributed by atoms with Gasteiger partial charge in [0, 0.05) is 6.54 Å². The number of amides is 1. The molecule has 30 heavy (non-hydrogen) atoms. The number of carbonyl (C=O) groups is 1. The van der Waals surface area contributed by atoms with Crippen LogP contribution in [-0.2, 0) is 6.54 Å². The average Bonchev–Trinajstić information content (AvgIpc) is 3.37. The number of nitrogens with one attached hydrogen (secondary N) is 1. The molecule has 0 fully saturated rings. The molecule has 1 amide bonds. The number of ether oxygens (including phenoxy) is 1. The standard InChI is InChI=1S/C18H23N9O3/c1-4-26(5-2)11-14-15(27(25-21-14)17-16(19)23-30-24-17)18(28)22-20-10-12-7-6-8-13(9-12)29-3/h6-10H,4-5,11H2,1-3H3,(H2,19,23)(H,22,28)/b20-10+. The first kappa shape index (κ1) is 20.9. The molecular formula is C18H23N9O3. The van der Waals surface area contributed by atoms with Crippen molar-refractivity contribution >= 4 is 17.9 Å². The van der Waals surface area contributed by atoms with Crippen molar-refractivity contribution in [3.63, 3.8) is 0 Å². The summed E-state index contributed by atoms with van der Waals surface area (Å²) >= 11 is 0. The van der Waals surface area contributed by atoms with Crippen LogP contribution in [0.3, 0.4) is 0 Å². The molecule has 0 saturated heterocycles. The molecule has 3 rings (SSSR count). The number of carbonyl (C=O) groups excluding carboxylic acids is 1. The summed E-state index contributed by atoms with van der Waals surface area (Å²) in [6, 6.07) is 7.26. The highest BCUT2D eigenvalue weighted by atomic mass is 16.6. The topological polar surface area (TPSA) is 150 Å². The zero-order valence-corrected chi connectivity index (χ0v) is 16.9. The van der Waals surface area contributed by atoms with Gasteiger partial charge in [0.05, 0.1) is 13.3 Å². The van der Waals surface area contributed by atoms with Crippen molar-refractivity contribution in [2.75, 3.05) is 25.9 Å². The third-order valence-electron chi connectivity index (χ3n) is 4.39. The van der Waals surface area contributed by atoms with Crippen LogP contribution in [0.4, 0.5) is 5.82 Å². The molecule has 12 nitrogen and oxygen atoms in total. The number of methoxy groups -OCH3 is 1. The number of hydrogen-bond acceptors (Lipinski definition) is 10. The van der Waals surface area contributed by atoms with Gasteiger partial charge in [0.1, 0.15) is 11.4 Å². The second kappa shape index (κ2) is 9.60. The molecule has 3 N–H and O–H groups in total. The summed E-state index contributed by atoms with van der Waals surface area (Å²) in [5.41, 5.74) is 9.62. The highest BCUT2D eigenvalue weighted by molar-refractivity contribution is 5.95. The Hall–Kier alpha value is -3.80. The fraction of sp³-hybridized carbons (Fsp3) is 0.333. The summed E-state index contributed by atoms with van der Waals surface area (Å²) in [4.78, 5) is 15.0. The van der Waals surface area contributed by atoms with E-state index in [9.17, 15) is 4.79 Å². The number of nitrogens with zero attached hydrogens (tertiary/aromatic N) is 7. The largest absolute Gasteiger partial charge is 0.497 e. The lowest BCUT2D eigenvalue weighted by Gasteiger charge is -2.16. The molecule has 0 aliphatic heterocycles. The maximum atomic E-state index is 12.9. The van der Waals surface area contributed by atoms with Crippen molar-refractivity contribution in [2.24, 2.45) is 5.10 Å². The predicted octanol–water partition coefficient (Wildman–Crippen LogP) is 0.847. The van der Waals surface area contributed by atoms with Gasteiger partial charge >= 0.3 is 0 Å². The summed E-state index contributed by atoms with van der Waals surface area (Å²) in [6.07, 6.45) is 1.50. The van der Waals surface area contributed by atoms with Gasteiger partial charge in [-0.15, -0.1) is 5.10 Å². The van der Waals surface area contributed by atoms with Gasteiger partial charge in [-0.05, 0) is 41.1 Å². The van der Waals surface area contributed by atoms with E-state index in [2.05, 4.69) is 40.7 Å². The van der Waals surface area contributed by atoms with Crippen LogP contribution in [0.25, 0.3) is 5.82 Å². The normalized spacial score (nSPS) is 11.3. The van der Waals surface area contributed by atoms with Gasteiger partial charge in [-0.25, -0.2) is 10.1 Å². The Kier molecular flexibility index (Phi) is 6.70. The summed E-state index contributed by atoms with van der Waals surface area (Å²) in [6.45, 7) is 6.02. The minimum atomic E-state index is -0.524. The molecule has 0 unspecified atom stereocenters. The van der Waals surface area contributed by atoms with E-state index in [1.807, 2.05) is 32.0 Å². The van der Waals surface area contributed by atoms with E-state index in [0.717, 1.165) is 18.7 Å². The molecule has 2 heterocycles. The highest BCUT2D eigenvalue weighted by Gasteiger charge is 2.25. The second-order valence-corrected chi connectivity index (χ2v) is 6.21. The van der Waals surface area contributed by atoms with Crippen molar-refractivity contribution in [1.29, 1.82) is 0 Å². The van der Waals surface area contributed by atoms with Crippen LogP contribution in [0.5, 0.6) is 5.75 Å². The quantitative estimate of drug-likeness (QED) is 0.384. The molecule has 12 heteroatoms. The lowest BCUT2D eigenvalue weighted by Crippen LogP contribution is -2.27. The third-order valence-corrected chi connectivity index (χ3v) is 4.39. The smallest absolute Gasteiger partial charge is 0.292 e. The zero-order valence-electron chi connectivity index (χ0n) is 16.9. The predicted molar refractivity (Wildman–Crippen MR) is 108 cm³/mol. The van der Waals surface area contributed by atoms with Gasteiger partial charge in [0.25, 0.3) is 5.91 Å². The summed E-state index contributed by atoms with van der Waals surface area (Å²) in [7, 11) is 1.58. The van der Waals surface area contributed by atoms with Crippen LogP contribution < -0.4 is 15.9 Å². The molecule has 0 aliphatic carbocycles. The lowest BCUT2D eigenvalue weighted by atomic mass is 10.2. The number of nitrogen functional groups attached to an aromatic ring is 1. The Morgan fingerprint density at radius 2 is 2.17 bits per heavy atom. The summed E-state index contributed by atoms with van der Waals surface area (Å²) < 4.78 is 11.0. The fourth-order valence-corrected chi connectivity index (χ4v) is 2.73. The first-order chi connectivity index (χ1) is 14.6. The Bertz CT molecular complexity index is 1020. The number of anilines is 1. The monoisotopic (exact) mass is 413 g/mol. The molecule has 3 aromatic rings. The second-order valence-electron chi connectivity index (χ2n) is 6.21. The Morgan fingerprint density at radius 3 is 2.83 bits per heavy atom. The number of nitrogens with two attached hydrogens (primary N) is 1. The molecule has 1 aromatic carbocycles. The van der Waals surface area contributed by atoms with E-state index in [-0.39, 0.29) is 17.3 Å². The van der Waals surface area contributed by atoms with Crippen molar-refractivity contribution in [2.45, 2.75) is 20.4 Å². The zero-order chi connectivity index (χ0) is 21.5. The first-order valence-corrected chi connectivity index (χ1v) is 9.30. The van der Waals surface area contributed by atoms with Crippen LogP contribution in [0.1, 0.15) is 35.6 Å². The van der Waals surface area contributed by atoms with Gasteiger partial charge in [-0.1, -0.05) is 31.2 Å². The molecule has 0 aliphatic rings. The van der Waals surface area contributed by atoms with Crippen molar-refractivity contribution in [3.05, 3.63) is 41.2 Å². The Balaban J connectivity index is 1.87. The van der Waals surface area contributed by atoms with Crippen LogP contribution in [0, 0.1) is 0 Å². The van der Waals surface area contributed by atoms with Crippen molar-refractivity contribution in [3.8, 4) is 11.6 Å². The number of hydrogen-bond donors (Lipinski definition) is 2. The van der Waals surface area contributed by atoms with E-state index >= 15 is 0 Å². The lowest BCUT2D eigenvalue weighted by molar-refractivity contribution is 0.0945. The molecule has 2 aromatic heterocycles. The number of benzene rings is 1. The number of aromatic nitrogens is 5. The van der Waals surface area contributed by atoms with Crippen LogP contribution in [-0.4, -0.2) is 62.5 Å². The minimum Gasteiger partial charge on any atom is -0.497 e. The fourth-order valence-electron chi connectivity index (χ4n) is 2.73. The van der Waals surface area contributed by atoms with E-state index in [1.165, 1.54) is 10.9 Å². The SMILES string of the molecule is CCN(CC)Cc1nnn(-c2nonc2N)c1C(=O)N/N=C/c1cccc(OC)c1. The number of hydrazone groups is 1. The summed E-state index contributed by atoms with van der Waals surface area (Å²) in [5, 5.41) is 19.4. The van der Waals surface area contributed by atoms with Crippen LogP contribution in [0.2, 0.25) is 0 Å². The maximum absolute atomic E-state index is 12.9. The Labute approximate surface area is 172 Å². The van der Waals surface area contributed by atoms with Gasteiger partial charge in [0.2, 0.25) is 11.6 Å². The molecule has 0 saturated carbocycles. The van der Waals surface area contributed by atoms with E-state index in [1.54, 1.807) is 13.2 Å². The first-order valence-electron chi connectivity index (χ1n) is 9.30. The number of rotatable bonds is 9. The van der Waals surface area contributed by atoms with Crippen molar-refractivity contribution < 1.29 is 14.2 Å². The van der Waals surface area contributed by atoms with E-state index in [0.29, 0.717) is 18.0 Å². The molecule has 0 spiro atoms. The van der Waals surface area contributed by atoms with Crippen LogP contribution in [0.15, 0.2) is 34.0 Å². The Morgan fingerprint density at radius 1 is 1.37 bits per heavy atom. The maximum Gasteiger partial charge on any atom is 0.292 e. The highest BCUT2D eigenvalue weighted by Crippen LogP contribution is 2.17. The molecule has 158 valence electrons. The van der Waals surface area contributed by atoms with Crippen molar-refractivity contribution in [1.82, 2.24) is 35.6 Å². The molecule has 0 radical (unpaired) electrons. The molecule has 0 bridgehead atoms. The average molecular weight is 413 g/mol. The van der Waals surface area contributed by atoms with Gasteiger partial charge in [0.15, 0.2) is 5.69 Å². The molecular weight excluding hydrogens is 390 g/mol. The minimum absolute atomic E-state index is 0.0109. The van der Waals surface area contributed by atoms with Gasteiger partial charge in [-0.3, -0.25) is 9.69 Å². The van der Waals surface area contributed by atoms with Gasteiger partial charge < -0.3 is 10.5 Å². The third kappa shape index (κ3) is 4.60. The van der Waals surface area contributed by atoms with E-state index < -0.39 is 5.91 Å². The van der Waals surface area contributed by atoms with E-state index in [4.69, 9.17) is 10.5 Å². The summed E-state index contributed by atoms with van der Waals surface area (Å²) in [5.74, 6) is 0.227. The van der Waals surface area contributed by atoms with Crippen LogP contribution >= 0.6 is 0 Å². The molecule has 0 atom stereocenters. The van der Waals surface area contributed by atoms with Gasteiger partial charge in [-0.2, -0.15) is 9.78 Å².